The summed E-state index contributed by atoms with van der Waals surface area (Å²) < 4.78 is 5.26. The van der Waals surface area contributed by atoms with Crippen LogP contribution < -0.4 is 10.1 Å². The zero-order valence-corrected chi connectivity index (χ0v) is 16.7. The molecule has 0 radical (unpaired) electrons. The highest BCUT2D eigenvalue weighted by Crippen LogP contribution is 2.42. The average Bonchev–Trinajstić information content (AvgIpc) is 3.45. The largest absolute Gasteiger partial charge is 0.497 e. The molecule has 2 aromatic heterocycles. The highest BCUT2D eigenvalue weighted by molar-refractivity contribution is 5.89. The summed E-state index contributed by atoms with van der Waals surface area (Å²) in [6, 6.07) is 11.3. The van der Waals surface area contributed by atoms with E-state index in [-0.39, 0.29) is 11.9 Å². The van der Waals surface area contributed by atoms with Gasteiger partial charge in [0, 0.05) is 18.0 Å². The molecule has 2 N–H and O–H groups in total. The number of carbonyl (C=O) groups is 1. The van der Waals surface area contributed by atoms with Crippen molar-refractivity contribution in [2.45, 2.75) is 44.1 Å². The highest BCUT2D eigenvalue weighted by Gasteiger charge is 2.43. The summed E-state index contributed by atoms with van der Waals surface area (Å²) in [7, 11) is 1.65. The molecule has 7 heteroatoms. The third-order valence-electron chi connectivity index (χ3n) is 5.73. The second-order valence-corrected chi connectivity index (χ2v) is 7.49. The number of pyridine rings is 1. The lowest BCUT2D eigenvalue weighted by Crippen LogP contribution is -2.43. The second kappa shape index (κ2) is 8.03. The van der Waals surface area contributed by atoms with Crippen molar-refractivity contribution in [1.29, 1.82) is 0 Å². The number of H-pyrrole nitrogens is 1. The molecule has 0 aliphatic heterocycles. The van der Waals surface area contributed by atoms with Crippen molar-refractivity contribution >= 4 is 5.91 Å². The molecule has 0 bridgehead atoms. The van der Waals surface area contributed by atoms with Gasteiger partial charge in [0.25, 0.3) is 0 Å². The smallest absolute Gasteiger partial charge is 0.231 e. The first-order valence-corrected chi connectivity index (χ1v) is 9.90. The maximum absolute atomic E-state index is 13.4. The van der Waals surface area contributed by atoms with Crippen LogP contribution >= 0.6 is 0 Å². The van der Waals surface area contributed by atoms with Crippen molar-refractivity contribution in [3.8, 4) is 17.1 Å². The summed E-state index contributed by atoms with van der Waals surface area (Å²) in [5.41, 5.74) is 1.41. The van der Waals surface area contributed by atoms with Crippen LogP contribution in [0.1, 0.15) is 50.0 Å². The van der Waals surface area contributed by atoms with Gasteiger partial charge in [-0.3, -0.25) is 14.9 Å². The van der Waals surface area contributed by atoms with E-state index < -0.39 is 5.41 Å². The van der Waals surface area contributed by atoms with E-state index in [1.165, 1.54) is 0 Å². The second-order valence-electron chi connectivity index (χ2n) is 7.49. The van der Waals surface area contributed by atoms with Gasteiger partial charge in [-0.05, 0) is 49.6 Å². The maximum Gasteiger partial charge on any atom is 0.231 e. The van der Waals surface area contributed by atoms with Crippen LogP contribution in [0.3, 0.4) is 0 Å². The standard InChI is InChI=1S/C22H25N5O2/c1-15(19-25-20(27-26-19)16-9-13-23-14-10-16)24-21(28)22(11-3-4-12-22)17-5-7-18(29-2)8-6-17/h5-10,13-15H,3-4,11-12H2,1-2H3,(H,24,28)(H,25,26,27). The van der Waals surface area contributed by atoms with Gasteiger partial charge in [0.15, 0.2) is 5.82 Å². The molecule has 1 aliphatic rings. The number of nitrogens with one attached hydrogen (secondary N) is 2. The van der Waals surface area contributed by atoms with Gasteiger partial charge < -0.3 is 10.1 Å². The zero-order chi connectivity index (χ0) is 20.3. The number of ether oxygens (including phenoxy) is 1. The van der Waals surface area contributed by atoms with Gasteiger partial charge in [-0.15, -0.1) is 0 Å². The van der Waals surface area contributed by atoms with Crippen molar-refractivity contribution in [1.82, 2.24) is 25.5 Å². The minimum Gasteiger partial charge on any atom is -0.497 e. The number of nitrogens with zero attached hydrogens (tertiary/aromatic N) is 3. The van der Waals surface area contributed by atoms with E-state index in [1.807, 2.05) is 43.3 Å². The summed E-state index contributed by atoms with van der Waals surface area (Å²) in [6.45, 7) is 1.92. The molecule has 3 aromatic rings. The van der Waals surface area contributed by atoms with Crippen molar-refractivity contribution in [3.63, 3.8) is 0 Å². The first kappa shape index (κ1) is 19.1. The molecule has 1 fully saturated rings. The van der Waals surface area contributed by atoms with E-state index in [0.717, 1.165) is 42.6 Å². The van der Waals surface area contributed by atoms with E-state index in [4.69, 9.17) is 4.74 Å². The molecule has 1 atom stereocenters. The van der Waals surface area contributed by atoms with Crippen LogP contribution in [-0.4, -0.2) is 33.2 Å². The monoisotopic (exact) mass is 391 g/mol. The van der Waals surface area contributed by atoms with E-state index in [9.17, 15) is 4.79 Å². The van der Waals surface area contributed by atoms with Crippen molar-refractivity contribution < 1.29 is 9.53 Å². The lowest BCUT2D eigenvalue weighted by atomic mass is 9.77. The third-order valence-corrected chi connectivity index (χ3v) is 5.73. The Morgan fingerprint density at radius 3 is 2.48 bits per heavy atom. The maximum atomic E-state index is 13.4. The molecule has 1 aliphatic carbocycles. The number of aromatic nitrogens is 4. The predicted octanol–water partition coefficient (Wildman–Crippen LogP) is 3.56. The number of hydrogen-bond donors (Lipinski definition) is 2. The summed E-state index contributed by atoms with van der Waals surface area (Å²) in [5, 5.41) is 10.4. The normalized spacial score (nSPS) is 16.3. The predicted molar refractivity (Wildman–Crippen MR) is 109 cm³/mol. The van der Waals surface area contributed by atoms with Crippen LogP contribution in [-0.2, 0) is 10.2 Å². The quantitative estimate of drug-likeness (QED) is 0.670. The molecule has 1 saturated carbocycles. The van der Waals surface area contributed by atoms with Crippen LogP contribution in [0, 0.1) is 0 Å². The van der Waals surface area contributed by atoms with Gasteiger partial charge in [0.1, 0.15) is 11.6 Å². The minimum atomic E-state index is -0.505. The van der Waals surface area contributed by atoms with Crippen LogP contribution in [0.2, 0.25) is 0 Å². The molecule has 0 saturated heterocycles. The van der Waals surface area contributed by atoms with E-state index in [1.54, 1.807) is 19.5 Å². The SMILES string of the molecule is COc1ccc(C2(C(=O)NC(C)c3nc(-c4ccncc4)n[nH]3)CCCC2)cc1. The lowest BCUT2D eigenvalue weighted by molar-refractivity contribution is -0.127. The van der Waals surface area contributed by atoms with Gasteiger partial charge in [-0.1, -0.05) is 25.0 Å². The van der Waals surface area contributed by atoms with Crippen molar-refractivity contribution in [3.05, 3.63) is 60.2 Å². The number of carbonyl (C=O) groups excluding carboxylic acids is 1. The Labute approximate surface area is 169 Å². The van der Waals surface area contributed by atoms with Gasteiger partial charge in [-0.2, -0.15) is 5.10 Å². The fourth-order valence-electron chi connectivity index (χ4n) is 4.04. The first-order valence-electron chi connectivity index (χ1n) is 9.90. The molecule has 150 valence electrons. The molecular formula is C22H25N5O2. The average molecular weight is 391 g/mol. The number of hydrogen-bond acceptors (Lipinski definition) is 5. The fourth-order valence-corrected chi connectivity index (χ4v) is 4.04. The number of rotatable bonds is 6. The molecule has 1 amide bonds. The summed E-state index contributed by atoms with van der Waals surface area (Å²) in [4.78, 5) is 21.9. The molecule has 1 aromatic carbocycles. The van der Waals surface area contributed by atoms with E-state index in [2.05, 4.69) is 25.5 Å². The summed E-state index contributed by atoms with van der Waals surface area (Å²) in [5.74, 6) is 2.05. The minimum absolute atomic E-state index is 0.0366. The zero-order valence-electron chi connectivity index (χ0n) is 16.7. The van der Waals surface area contributed by atoms with Crippen LogP contribution in [0.5, 0.6) is 5.75 Å². The third kappa shape index (κ3) is 3.72. The lowest BCUT2D eigenvalue weighted by Gasteiger charge is -2.29. The van der Waals surface area contributed by atoms with Gasteiger partial charge in [0.2, 0.25) is 5.91 Å². The van der Waals surface area contributed by atoms with Crippen molar-refractivity contribution in [2.75, 3.05) is 7.11 Å². The molecule has 1 unspecified atom stereocenters. The fraction of sp³-hybridized carbons (Fsp3) is 0.364. The molecular weight excluding hydrogens is 366 g/mol. The molecule has 7 nitrogen and oxygen atoms in total. The Kier molecular flexibility index (Phi) is 5.29. The molecule has 29 heavy (non-hydrogen) atoms. The topological polar surface area (TPSA) is 92.8 Å². The Bertz CT molecular complexity index is 962. The molecule has 2 heterocycles. The number of aromatic amines is 1. The van der Waals surface area contributed by atoms with Gasteiger partial charge in [-0.25, -0.2) is 4.98 Å². The Morgan fingerprint density at radius 1 is 1.14 bits per heavy atom. The number of benzene rings is 1. The molecule has 4 rings (SSSR count). The molecule has 0 spiro atoms. The number of amides is 1. The van der Waals surface area contributed by atoms with Crippen LogP contribution in [0.15, 0.2) is 48.8 Å². The van der Waals surface area contributed by atoms with E-state index in [0.29, 0.717) is 11.6 Å². The van der Waals surface area contributed by atoms with E-state index >= 15 is 0 Å². The van der Waals surface area contributed by atoms with Crippen molar-refractivity contribution in [2.24, 2.45) is 0 Å². The summed E-state index contributed by atoms with van der Waals surface area (Å²) >= 11 is 0. The van der Waals surface area contributed by atoms with Crippen LogP contribution in [0.25, 0.3) is 11.4 Å². The van der Waals surface area contributed by atoms with Gasteiger partial charge in [0.05, 0.1) is 18.6 Å². The summed E-state index contributed by atoms with van der Waals surface area (Å²) in [6.07, 6.45) is 7.18. The van der Waals surface area contributed by atoms with Gasteiger partial charge >= 0.3 is 0 Å². The Hall–Kier alpha value is -3.22. The number of methoxy groups -OCH3 is 1. The highest BCUT2D eigenvalue weighted by atomic mass is 16.5. The Morgan fingerprint density at radius 2 is 1.83 bits per heavy atom. The van der Waals surface area contributed by atoms with Crippen LogP contribution in [0.4, 0.5) is 0 Å². The Balaban J connectivity index is 1.53. The first-order chi connectivity index (χ1) is 14.1.